The minimum absolute atomic E-state index is 0.262. The van der Waals surface area contributed by atoms with Crippen LogP contribution in [0.5, 0.6) is 0 Å². The van der Waals surface area contributed by atoms with Crippen molar-refractivity contribution in [3.63, 3.8) is 0 Å². The zero-order chi connectivity index (χ0) is 9.40. The van der Waals surface area contributed by atoms with Crippen LogP contribution in [0.1, 0.15) is 20.3 Å². The first kappa shape index (κ1) is 11.9. The predicted molar refractivity (Wildman–Crippen MR) is 52.3 cm³/mol. The Balaban J connectivity index is 3.49. The lowest BCUT2D eigenvalue weighted by Gasteiger charge is -2.25. The summed E-state index contributed by atoms with van der Waals surface area (Å²) in [5.74, 6) is 0. The summed E-state index contributed by atoms with van der Waals surface area (Å²) in [6, 6.07) is 0.536. The molecule has 0 unspecified atom stereocenters. The first-order valence-corrected chi connectivity index (χ1v) is 4.72. The maximum Gasteiger partial charge on any atom is 0.0558 e. The largest absolute Gasteiger partial charge is 0.395 e. The topological polar surface area (TPSA) is 35.5 Å². The van der Waals surface area contributed by atoms with Crippen LogP contribution in [0, 0.1) is 0 Å². The van der Waals surface area contributed by atoms with Gasteiger partial charge in [-0.2, -0.15) is 0 Å². The molecule has 0 rings (SSSR count). The molecule has 3 nitrogen and oxygen atoms in total. The van der Waals surface area contributed by atoms with E-state index in [0.29, 0.717) is 6.04 Å². The van der Waals surface area contributed by atoms with Gasteiger partial charge in [0.15, 0.2) is 0 Å². The third kappa shape index (κ3) is 5.52. The third-order valence-electron chi connectivity index (χ3n) is 1.99. The molecule has 0 aromatic carbocycles. The molecule has 0 radical (unpaired) electrons. The molecule has 0 amide bonds. The number of aliphatic hydroxyl groups is 1. The van der Waals surface area contributed by atoms with E-state index in [9.17, 15) is 0 Å². The van der Waals surface area contributed by atoms with Crippen molar-refractivity contribution in [1.29, 1.82) is 0 Å². The lowest BCUT2D eigenvalue weighted by Crippen LogP contribution is -2.35. The Morgan fingerprint density at radius 2 is 2.00 bits per heavy atom. The van der Waals surface area contributed by atoms with Crippen molar-refractivity contribution < 1.29 is 5.11 Å². The molecule has 0 saturated carbocycles. The summed E-state index contributed by atoms with van der Waals surface area (Å²) in [6.07, 6.45) is 1.15. The van der Waals surface area contributed by atoms with Gasteiger partial charge in [0.25, 0.3) is 0 Å². The van der Waals surface area contributed by atoms with Gasteiger partial charge in [0.05, 0.1) is 6.61 Å². The summed E-state index contributed by atoms with van der Waals surface area (Å²) < 4.78 is 0. The lowest BCUT2D eigenvalue weighted by molar-refractivity contribution is 0.164. The SMILES string of the molecule is CNCCCN(CCO)C(C)C. The zero-order valence-corrected chi connectivity index (χ0v) is 8.51. The molecule has 0 aromatic rings. The fraction of sp³-hybridized carbons (Fsp3) is 1.00. The second-order valence-corrected chi connectivity index (χ2v) is 3.31. The average Bonchev–Trinajstić information content (AvgIpc) is 2.03. The van der Waals surface area contributed by atoms with Crippen molar-refractivity contribution in [1.82, 2.24) is 10.2 Å². The van der Waals surface area contributed by atoms with Gasteiger partial charge in [-0.05, 0) is 40.4 Å². The van der Waals surface area contributed by atoms with E-state index < -0.39 is 0 Å². The standard InChI is InChI=1S/C9H22N2O/c1-9(2)11(7-8-12)6-4-5-10-3/h9-10,12H,4-8H2,1-3H3. The highest BCUT2D eigenvalue weighted by Gasteiger charge is 2.06. The van der Waals surface area contributed by atoms with E-state index in [1.807, 2.05) is 7.05 Å². The van der Waals surface area contributed by atoms with Gasteiger partial charge in [-0.15, -0.1) is 0 Å². The Kier molecular flexibility index (Phi) is 7.45. The van der Waals surface area contributed by atoms with E-state index in [1.165, 1.54) is 0 Å². The molecule has 0 spiro atoms. The molecule has 0 aliphatic rings. The molecule has 0 aromatic heterocycles. The second kappa shape index (κ2) is 7.53. The van der Waals surface area contributed by atoms with Crippen LogP contribution in [0.2, 0.25) is 0 Å². The van der Waals surface area contributed by atoms with Gasteiger partial charge in [-0.1, -0.05) is 0 Å². The van der Waals surface area contributed by atoms with Gasteiger partial charge >= 0.3 is 0 Å². The maximum atomic E-state index is 8.78. The number of hydrogen-bond acceptors (Lipinski definition) is 3. The number of nitrogens with zero attached hydrogens (tertiary/aromatic N) is 1. The Hall–Kier alpha value is -0.120. The van der Waals surface area contributed by atoms with Gasteiger partial charge < -0.3 is 10.4 Å². The molecule has 0 heterocycles. The second-order valence-electron chi connectivity index (χ2n) is 3.31. The van der Waals surface area contributed by atoms with Gasteiger partial charge in [-0.25, -0.2) is 0 Å². The van der Waals surface area contributed by atoms with Crippen LogP contribution in [0.15, 0.2) is 0 Å². The van der Waals surface area contributed by atoms with Crippen LogP contribution in [0.3, 0.4) is 0 Å². The van der Waals surface area contributed by atoms with Crippen LogP contribution in [0.4, 0.5) is 0 Å². The van der Waals surface area contributed by atoms with Crippen molar-refractivity contribution in [3.05, 3.63) is 0 Å². The van der Waals surface area contributed by atoms with E-state index in [1.54, 1.807) is 0 Å². The van der Waals surface area contributed by atoms with Gasteiger partial charge in [0, 0.05) is 12.6 Å². The highest BCUT2D eigenvalue weighted by molar-refractivity contribution is 4.62. The predicted octanol–water partition coefficient (Wildman–Crippen LogP) is 0.299. The molecule has 2 N–H and O–H groups in total. The van der Waals surface area contributed by atoms with E-state index in [0.717, 1.165) is 26.1 Å². The number of aliphatic hydroxyl groups excluding tert-OH is 1. The summed E-state index contributed by atoms with van der Waals surface area (Å²) in [4.78, 5) is 2.29. The normalized spacial score (nSPS) is 11.5. The van der Waals surface area contributed by atoms with Crippen LogP contribution < -0.4 is 5.32 Å². The molecule has 0 aliphatic heterocycles. The first-order valence-electron chi connectivity index (χ1n) is 4.72. The van der Waals surface area contributed by atoms with E-state index in [2.05, 4.69) is 24.1 Å². The monoisotopic (exact) mass is 174 g/mol. The minimum atomic E-state index is 0.262. The van der Waals surface area contributed by atoms with Crippen LogP contribution in [-0.2, 0) is 0 Å². The fourth-order valence-electron chi connectivity index (χ4n) is 1.22. The Morgan fingerprint density at radius 3 is 2.42 bits per heavy atom. The molecule has 0 bridgehead atoms. The smallest absolute Gasteiger partial charge is 0.0558 e. The fourth-order valence-corrected chi connectivity index (χ4v) is 1.22. The van der Waals surface area contributed by atoms with E-state index in [-0.39, 0.29) is 6.61 Å². The quantitative estimate of drug-likeness (QED) is 0.545. The van der Waals surface area contributed by atoms with Gasteiger partial charge in [-0.3, -0.25) is 4.90 Å². The van der Waals surface area contributed by atoms with E-state index in [4.69, 9.17) is 5.11 Å². The lowest BCUT2D eigenvalue weighted by atomic mass is 10.3. The molecule has 0 aliphatic carbocycles. The summed E-state index contributed by atoms with van der Waals surface area (Å²) in [5.41, 5.74) is 0. The van der Waals surface area contributed by atoms with Crippen molar-refractivity contribution in [2.45, 2.75) is 26.3 Å². The molecule has 3 heteroatoms. The summed E-state index contributed by atoms with van der Waals surface area (Å²) >= 11 is 0. The summed E-state index contributed by atoms with van der Waals surface area (Å²) in [5, 5.41) is 11.9. The number of hydrogen-bond donors (Lipinski definition) is 2. The Labute approximate surface area is 75.8 Å². The molecule has 0 fully saturated rings. The number of nitrogens with one attached hydrogen (secondary N) is 1. The molecule has 12 heavy (non-hydrogen) atoms. The van der Waals surface area contributed by atoms with Crippen molar-refractivity contribution >= 4 is 0 Å². The first-order chi connectivity index (χ1) is 5.72. The van der Waals surface area contributed by atoms with Crippen molar-refractivity contribution in [3.8, 4) is 0 Å². The summed E-state index contributed by atoms with van der Waals surface area (Å²) in [6.45, 7) is 7.50. The molecule has 74 valence electrons. The van der Waals surface area contributed by atoms with Crippen LogP contribution in [0.25, 0.3) is 0 Å². The van der Waals surface area contributed by atoms with E-state index >= 15 is 0 Å². The van der Waals surface area contributed by atoms with Crippen molar-refractivity contribution in [2.24, 2.45) is 0 Å². The third-order valence-corrected chi connectivity index (χ3v) is 1.99. The highest BCUT2D eigenvalue weighted by Crippen LogP contribution is 1.97. The Bertz CT molecular complexity index is 96.5. The highest BCUT2D eigenvalue weighted by atomic mass is 16.3. The molecular formula is C9H22N2O. The zero-order valence-electron chi connectivity index (χ0n) is 8.51. The van der Waals surface area contributed by atoms with Crippen molar-refractivity contribution in [2.75, 3.05) is 33.3 Å². The van der Waals surface area contributed by atoms with Crippen LogP contribution in [-0.4, -0.2) is 49.3 Å². The molecule has 0 atom stereocenters. The summed E-state index contributed by atoms with van der Waals surface area (Å²) in [7, 11) is 1.96. The number of rotatable bonds is 7. The average molecular weight is 174 g/mol. The molecular weight excluding hydrogens is 152 g/mol. The molecule has 0 saturated heterocycles. The minimum Gasteiger partial charge on any atom is -0.395 e. The van der Waals surface area contributed by atoms with Crippen LogP contribution >= 0.6 is 0 Å². The van der Waals surface area contributed by atoms with Gasteiger partial charge in [0.1, 0.15) is 0 Å². The Morgan fingerprint density at radius 1 is 1.33 bits per heavy atom. The maximum absolute atomic E-state index is 8.78. The van der Waals surface area contributed by atoms with Gasteiger partial charge in [0.2, 0.25) is 0 Å².